The molecule has 0 aromatic heterocycles. The number of aliphatic imine (C=N–C) groups is 1. The van der Waals surface area contributed by atoms with Crippen molar-refractivity contribution in [2.24, 2.45) is 10.9 Å². The van der Waals surface area contributed by atoms with Gasteiger partial charge in [0.05, 0.1) is 13.2 Å². The minimum atomic E-state index is -0.565. The summed E-state index contributed by atoms with van der Waals surface area (Å²) in [6.07, 6.45) is 1.96. The summed E-state index contributed by atoms with van der Waals surface area (Å²) in [5.74, 6) is -0.00984. The Balaban J connectivity index is 1.70. The van der Waals surface area contributed by atoms with Crippen molar-refractivity contribution in [1.29, 1.82) is 0 Å². The van der Waals surface area contributed by atoms with Crippen LogP contribution in [0.5, 0.6) is 0 Å². The molecule has 1 fully saturated rings. The minimum Gasteiger partial charge on any atom is -0.381 e. The molecule has 0 bridgehead atoms. The molecule has 152 valence electrons. The van der Waals surface area contributed by atoms with Gasteiger partial charge < -0.3 is 20.1 Å². The predicted octanol–water partition coefficient (Wildman–Crippen LogP) is 3.07. The predicted molar refractivity (Wildman–Crippen MR) is 103 cm³/mol. The van der Waals surface area contributed by atoms with Crippen LogP contribution in [0.3, 0.4) is 0 Å². The Morgan fingerprint density at radius 1 is 1.37 bits per heavy atom. The molecule has 0 saturated carbocycles. The monoisotopic (exact) mass is 383 g/mol. The van der Waals surface area contributed by atoms with Gasteiger partial charge >= 0.3 is 0 Å². The van der Waals surface area contributed by atoms with Crippen LogP contribution in [0, 0.1) is 17.6 Å². The Morgan fingerprint density at radius 3 is 2.93 bits per heavy atom. The van der Waals surface area contributed by atoms with E-state index in [1.54, 1.807) is 0 Å². The number of nitrogens with zero attached hydrogens (tertiary/aromatic N) is 1. The molecule has 2 rings (SSSR count). The van der Waals surface area contributed by atoms with Crippen molar-refractivity contribution in [1.82, 2.24) is 10.6 Å². The van der Waals surface area contributed by atoms with Crippen molar-refractivity contribution < 1.29 is 18.3 Å². The van der Waals surface area contributed by atoms with Crippen molar-refractivity contribution in [3.8, 4) is 0 Å². The molecule has 1 aliphatic rings. The van der Waals surface area contributed by atoms with Crippen molar-refractivity contribution in [3.05, 3.63) is 35.4 Å². The topological polar surface area (TPSA) is 54.9 Å². The summed E-state index contributed by atoms with van der Waals surface area (Å²) in [5.41, 5.74) is 0.472. The van der Waals surface area contributed by atoms with Crippen LogP contribution in [0.4, 0.5) is 8.78 Å². The first-order chi connectivity index (χ1) is 13.1. The van der Waals surface area contributed by atoms with Crippen LogP contribution in [-0.4, -0.2) is 52.0 Å². The fourth-order valence-corrected chi connectivity index (χ4v) is 2.92. The summed E-state index contributed by atoms with van der Waals surface area (Å²) < 4.78 is 37.9. The number of benzene rings is 1. The largest absolute Gasteiger partial charge is 0.381 e. The number of halogens is 2. The lowest BCUT2D eigenvalue weighted by molar-refractivity contribution is 0.0888. The van der Waals surface area contributed by atoms with Gasteiger partial charge in [-0.05, 0) is 31.4 Å². The van der Waals surface area contributed by atoms with Crippen LogP contribution >= 0.6 is 0 Å². The van der Waals surface area contributed by atoms with Gasteiger partial charge in [-0.15, -0.1) is 0 Å². The molecular formula is C20H31F2N3O2. The normalized spacial score (nSPS) is 18.5. The quantitative estimate of drug-likeness (QED) is 0.370. The molecule has 2 N–H and O–H groups in total. The molecule has 1 heterocycles. The third-order valence-corrected chi connectivity index (χ3v) is 4.50. The lowest BCUT2D eigenvalue weighted by Crippen LogP contribution is -2.38. The number of hydrogen-bond acceptors (Lipinski definition) is 3. The fraction of sp³-hybridized carbons (Fsp3) is 0.650. The third kappa shape index (κ3) is 7.81. The van der Waals surface area contributed by atoms with Gasteiger partial charge in [0.2, 0.25) is 0 Å². The Labute approximate surface area is 160 Å². The number of ether oxygens (including phenoxy) is 2. The first kappa shape index (κ1) is 21.6. The van der Waals surface area contributed by atoms with Gasteiger partial charge in [-0.1, -0.05) is 13.0 Å². The summed E-state index contributed by atoms with van der Waals surface area (Å²) in [7, 11) is 0. The molecule has 2 unspecified atom stereocenters. The summed E-state index contributed by atoms with van der Waals surface area (Å²) in [6, 6.07) is 3.68. The molecule has 2 atom stereocenters. The second kappa shape index (κ2) is 11.9. The maximum absolute atomic E-state index is 13.9. The number of nitrogens with one attached hydrogen (secondary N) is 2. The average Bonchev–Trinajstić information content (AvgIpc) is 3.15. The van der Waals surface area contributed by atoms with E-state index in [1.165, 1.54) is 12.1 Å². The highest BCUT2D eigenvalue weighted by Gasteiger charge is 2.15. The first-order valence-corrected chi connectivity index (χ1v) is 9.72. The van der Waals surface area contributed by atoms with Gasteiger partial charge in [-0.25, -0.2) is 8.78 Å². The van der Waals surface area contributed by atoms with E-state index in [0.717, 1.165) is 51.8 Å². The molecular weight excluding hydrogens is 352 g/mol. The van der Waals surface area contributed by atoms with Crippen LogP contribution in [0.1, 0.15) is 38.2 Å². The van der Waals surface area contributed by atoms with Crippen LogP contribution in [0.25, 0.3) is 0 Å². The standard InChI is InChI=1S/C20H31F2N3O2/c1-3-23-20(24-8-4-9-26-13-16-7-10-27-14-16)25-12-15(2)18-6-5-17(21)11-19(18)22/h5-6,11,15-16H,3-4,7-10,12-14H2,1-2H3,(H2,23,24,25). The van der Waals surface area contributed by atoms with Crippen molar-refractivity contribution >= 4 is 5.96 Å². The van der Waals surface area contributed by atoms with Crippen molar-refractivity contribution in [2.75, 3.05) is 46.1 Å². The third-order valence-electron chi connectivity index (χ3n) is 4.50. The van der Waals surface area contributed by atoms with E-state index in [4.69, 9.17) is 9.47 Å². The second-order valence-corrected chi connectivity index (χ2v) is 6.87. The molecule has 1 aliphatic heterocycles. The Morgan fingerprint density at radius 2 is 2.22 bits per heavy atom. The zero-order valence-electron chi connectivity index (χ0n) is 16.3. The Kier molecular flexibility index (Phi) is 9.48. The lowest BCUT2D eigenvalue weighted by atomic mass is 10.0. The zero-order chi connectivity index (χ0) is 19.5. The summed E-state index contributed by atoms with van der Waals surface area (Å²) in [6.45, 7) is 8.87. The average molecular weight is 383 g/mol. The highest BCUT2D eigenvalue weighted by molar-refractivity contribution is 5.79. The Hall–Kier alpha value is -1.73. The van der Waals surface area contributed by atoms with Crippen molar-refractivity contribution in [3.63, 3.8) is 0 Å². The fourth-order valence-electron chi connectivity index (χ4n) is 2.92. The number of rotatable bonds is 10. The van der Waals surface area contributed by atoms with E-state index in [0.29, 0.717) is 30.6 Å². The molecule has 0 spiro atoms. The SMILES string of the molecule is CCNC(=NCC(C)c1ccc(F)cc1F)NCCCOCC1CCOC1. The van der Waals surface area contributed by atoms with Gasteiger partial charge in [0, 0.05) is 50.8 Å². The van der Waals surface area contributed by atoms with E-state index in [9.17, 15) is 8.78 Å². The first-order valence-electron chi connectivity index (χ1n) is 9.72. The molecule has 1 aromatic carbocycles. The molecule has 27 heavy (non-hydrogen) atoms. The molecule has 7 heteroatoms. The zero-order valence-corrected chi connectivity index (χ0v) is 16.3. The van der Waals surface area contributed by atoms with Gasteiger partial charge in [0.15, 0.2) is 5.96 Å². The maximum atomic E-state index is 13.9. The van der Waals surface area contributed by atoms with Gasteiger partial charge in [-0.2, -0.15) is 0 Å². The van der Waals surface area contributed by atoms with Crippen LogP contribution < -0.4 is 10.6 Å². The maximum Gasteiger partial charge on any atom is 0.191 e. The highest BCUT2D eigenvalue weighted by Crippen LogP contribution is 2.20. The van der Waals surface area contributed by atoms with E-state index in [-0.39, 0.29) is 5.92 Å². The van der Waals surface area contributed by atoms with E-state index in [2.05, 4.69) is 15.6 Å². The number of hydrogen-bond donors (Lipinski definition) is 2. The van der Waals surface area contributed by atoms with Crippen LogP contribution in [0.15, 0.2) is 23.2 Å². The van der Waals surface area contributed by atoms with Crippen LogP contribution in [0.2, 0.25) is 0 Å². The van der Waals surface area contributed by atoms with E-state index >= 15 is 0 Å². The minimum absolute atomic E-state index is 0.141. The molecule has 0 aliphatic carbocycles. The second-order valence-electron chi connectivity index (χ2n) is 6.87. The van der Waals surface area contributed by atoms with Crippen molar-refractivity contribution in [2.45, 2.75) is 32.6 Å². The molecule has 0 amide bonds. The number of guanidine groups is 1. The summed E-state index contributed by atoms with van der Waals surface area (Å²) in [4.78, 5) is 4.51. The van der Waals surface area contributed by atoms with E-state index < -0.39 is 11.6 Å². The molecule has 5 nitrogen and oxygen atoms in total. The molecule has 1 saturated heterocycles. The van der Waals surface area contributed by atoms with Gasteiger partial charge in [-0.3, -0.25) is 4.99 Å². The highest BCUT2D eigenvalue weighted by atomic mass is 19.1. The smallest absolute Gasteiger partial charge is 0.191 e. The summed E-state index contributed by atoms with van der Waals surface area (Å²) >= 11 is 0. The Bertz CT molecular complexity index is 593. The molecule has 0 radical (unpaired) electrons. The van der Waals surface area contributed by atoms with Crippen LogP contribution in [-0.2, 0) is 9.47 Å². The van der Waals surface area contributed by atoms with E-state index in [1.807, 2.05) is 13.8 Å². The van der Waals surface area contributed by atoms with Gasteiger partial charge in [0.25, 0.3) is 0 Å². The summed E-state index contributed by atoms with van der Waals surface area (Å²) in [5, 5.41) is 6.44. The molecule has 1 aromatic rings. The van der Waals surface area contributed by atoms with Gasteiger partial charge in [0.1, 0.15) is 11.6 Å². The lowest BCUT2D eigenvalue weighted by Gasteiger charge is -2.14.